The molecule has 2 aromatic rings. The number of rotatable bonds is 11. The Hall–Kier alpha value is -1.47. The van der Waals surface area contributed by atoms with Gasteiger partial charge in [-0.1, -0.05) is 81.0 Å². The summed E-state index contributed by atoms with van der Waals surface area (Å²) in [6.45, 7) is 4.38. The highest BCUT2D eigenvalue weighted by molar-refractivity contribution is 6.32. The summed E-state index contributed by atoms with van der Waals surface area (Å²) in [6, 6.07) is 15.2. The maximum atomic E-state index is 6.55. The minimum Gasteiger partial charge on any atom is -0.489 e. The third-order valence-electron chi connectivity index (χ3n) is 6.41. The molecule has 30 heavy (non-hydrogen) atoms. The van der Waals surface area contributed by atoms with Crippen LogP contribution in [0.1, 0.15) is 83.6 Å². The predicted molar refractivity (Wildman–Crippen MR) is 130 cm³/mol. The molecule has 1 saturated carbocycles. The molecule has 0 heterocycles. The number of halogens is 1. The fraction of sp³-hybridized carbons (Fsp3) is 0.536. The van der Waals surface area contributed by atoms with Crippen molar-refractivity contribution in [3.63, 3.8) is 0 Å². The molecular weight excluding hydrogens is 388 g/mol. The van der Waals surface area contributed by atoms with E-state index in [4.69, 9.17) is 16.3 Å². The van der Waals surface area contributed by atoms with Crippen LogP contribution in [0.4, 0.5) is 0 Å². The molecule has 0 bridgehead atoms. The van der Waals surface area contributed by atoms with Crippen molar-refractivity contribution in [2.75, 3.05) is 0 Å². The van der Waals surface area contributed by atoms with Crippen LogP contribution in [0.5, 0.6) is 5.75 Å². The average molecular weight is 426 g/mol. The second-order valence-electron chi connectivity index (χ2n) is 8.97. The second-order valence-corrected chi connectivity index (χ2v) is 9.38. The van der Waals surface area contributed by atoms with Gasteiger partial charge in [-0.15, -0.1) is 0 Å². The number of aryl methyl sites for hydroxylation is 1. The standard InChI is InChI=1S/C28H38ClO/c1-3-4-5-7-10-22(2)30-28-20-19-26(21-27(28)29)25-17-15-24(16-18-25)14-13-23-11-8-6-9-12-23/h6,15-23H,3-5,7-14H2,1-2H3/t22-/m0/s1. The predicted octanol–water partition coefficient (Wildman–Crippen LogP) is 9.07. The molecule has 0 unspecified atom stereocenters. The van der Waals surface area contributed by atoms with E-state index in [0.29, 0.717) is 5.02 Å². The highest BCUT2D eigenvalue weighted by Crippen LogP contribution is 2.32. The summed E-state index contributed by atoms with van der Waals surface area (Å²) < 4.78 is 6.09. The van der Waals surface area contributed by atoms with Gasteiger partial charge in [0.1, 0.15) is 5.75 Å². The molecule has 1 fully saturated rings. The summed E-state index contributed by atoms with van der Waals surface area (Å²) in [4.78, 5) is 0. The average Bonchev–Trinajstić information content (AvgIpc) is 2.78. The lowest BCUT2D eigenvalue weighted by Crippen LogP contribution is -2.11. The zero-order valence-corrected chi connectivity index (χ0v) is 19.6. The number of ether oxygens (including phenoxy) is 1. The first-order chi connectivity index (χ1) is 14.7. The van der Waals surface area contributed by atoms with Crippen LogP contribution in [-0.2, 0) is 6.42 Å². The van der Waals surface area contributed by atoms with Gasteiger partial charge in [-0.05, 0) is 86.6 Å². The number of hydrogen-bond donors (Lipinski definition) is 0. The highest BCUT2D eigenvalue weighted by atomic mass is 35.5. The molecular formula is C28H38ClO. The Kier molecular flexibility index (Phi) is 9.59. The maximum Gasteiger partial charge on any atom is 0.138 e. The van der Waals surface area contributed by atoms with Crippen LogP contribution in [-0.4, -0.2) is 6.10 Å². The number of unbranched alkanes of at least 4 members (excludes halogenated alkanes) is 3. The fourth-order valence-corrected chi connectivity index (χ4v) is 4.65. The zero-order valence-electron chi connectivity index (χ0n) is 18.8. The van der Waals surface area contributed by atoms with E-state index in [-0.39, 0.29) is 6.10 Å². The van der Waals surface area contributed by atoms with Gasteiger partial charge >= 0.3 is 0 Å². The molecule has 1 aliphatic carbocycles. The molecule has 3 rings (SSSR count). The summed E-state index contributed by atoms with van der Waals surface area (Å²) in [5.74, 6) is 1.71. The van der Waals surface area contributed by atoms with Gasteiger partial charge in [0, 0.05) is 0 Å². The highest BCUT2D eigenvalue weighted by Gasteiger charge is 2.13. The van der Waals surface area contributed by atoms with Crippen molar-refractivity contribution < 1.29 is 4.74 Å². The van der Waals surface area contributed by atoms with Crippen LogP contribution in [0.2, 0.25) is 5.02 Å². The van der Waals surface area contributed by atoms with Gasteiger partial charge in [-0.25, -0.2) is 0 Å². The van der Waals surface area contributed by atoms with Crippen molar-refractivity contribution in [2.45, 2.75) is 90.6 Å². The fourth-order valence-electron chi connectivity index (χ4n) is 4.43. The summed E-state index contributed by atoms with van der Waals surface area (Å²) >= 11 is 6.55. The molecule has 2 aromatic carbocycles. The monoisotopic (exact) mass is 425 g/mol. The Morgan fingerprint density at radius 1 is 0.967 bits per heavy atom. The van der Waals surface area contributed by atoms with E-state index in [2.05, 4.69) is 50.6 Å². The molecule has 1 atom stereocenters. The molecule has 0 saturated heterocycles. The van der Waals surface area contributed by atoms with Crippen LogP contribution in [0.3, 0.4) is 0 Å². The Bertz CT molecular complexity index is 746. The van der Waals surface area contributed by atoms with Crippen molar-refractivity contribution in [1.29, 1.82) is 0 Å². The molecule has 0 aromatic heterocycles. The van der Waals surface area contributed by atoms with E-state index in [1.165, 1.54) is 75.3 Å². The SMILES string of the molecule is CCCCCC[C@H](C)Oc1ccc(-c2ccc(CCC3CC[CH]CC3)cc2)cc1Cl. The van der Waals surface area contributed by atoms with E-state index in [0.717, 1.165) is 23.7 Å². The Balaban J connectivity index is 1.52. The molecule has 1 aliphatic rings. The van der Waals surface area contributed by atoms with Crippen molar-refractivity contribution in [3.8, 4) is 16.9 Å². The molecule has 1 radical (unpaired) electrons. The van der Waals surface area contributed by atoms with E-state index in [9.17, 15) is 0 Å². The van der Waals surface area contributed by atoms with Crippen LogP contribution >= 0.6 is 11.6 Å². The summed E-state index contributed by atoms with van der Waals surface area (Å²) in [6.07, 6.45) is 16.7. The van der Waals surface area contributed by atoms with E-state index in [1.807, 2.05) is 12.1 Å². The first-order valence-electron chi connectivity index (χ1n) is 12.0. The van der Waals surface area contributed by atoms with Crippen molar-refractivity contribution >= 4 is 11.6 Å². The zero-order chi connectivity index (χ0) is 21.2. The summed E-state index contributed by atoms with van der Waals surface area (Å²) in [7, 11) is 0. The van der Waals surface area contributed by atoms with Crippen molar-refractivity contribution in [2.24, 2.45) is 5.92 Å². The minimum absolute atomic E-state index is 0.201. The molecule has 0 spiro atoms. The van der Waals surface area contributed by atoms with Crippen LogP contribution in [0.15, 0.2) is 42.5 Å². The maximum absolute atomic E-state index is 6.55. The van der Waals surface area contributed by atoms with Crippen LogP contribution < -0.4 is 4.74 Å². The van der Waals surface area contributed by atoms with Crippen LogP contribution in [0, 0.1) is 12.3 Å². The molecule has 0 amide bonds. The number of benzene rings is 2. The molecule has 163 valence electrons. The van der Waals surface area contributed by atoms with Gasteiger partial charge in [0.15, 0.2) is 0 Å². The third kappa shape index (κ3) is 7.34. The van der Waals surface area contributed by atoms with Gasteiger partial charge < -0.3 is 4.74 Å². The van der Waals surface area contributed by atoms with Crippen LogP contribution in [0.25, 0.3) is 11.1 Å². The lowest BCUT2D eigenvalue weighted by Gasteiger charge is -2.21. The van der Waals surface area contributed by atoms with E-state index < -0.39 is 0 Å². The smallest absolute Gasteiger partial charge is 0.138 e. The van der Waals surface area contributed by atoms with Crippen molar-refractivity contribution in [1.82, 2.24) is 0 Å². The molecule has 0 N–H and O–H groups in total. The minimum atomic E-state index is 0.201. The lowest BCUT2D eigenvalue weighted by molar-refractivity contribution is 0.206. The van der Waals surface area contributed by atoms with Gasteiger partial charge in [0.2, 0.25) is 0 Å². The summed E-state index contributed by atoms with van der Waals surface area (Å²) in [5.41, 5.74) is 3.81. The van der Waals surface area contributed by atoms with Crippen molar-refractivity contribution in [3.05, 3.63) is 59.5 Å². The van der Waals surface area contributed by atoms with Gasteiger partial charge in [0.05, 0.1) is 11.1 Å². The largest absolute Gasteiger partial charge is 0.489 e. The Labute approximate surface area is 189 Å². The van der Waals surface area contributed by atoms with E-state index >= 15 is 0 Å². The summed E-state index contributed by atoms with van der Waals surface area (Å²) in [5, 5.41) is 0.700. The topological polar surface area (TPSA) is 9.23 Å². The molecule has 1 nitrogen and oxygen atoms in total. The first kappa shape index (κ1) is 23.2. The van der Waals surface area contributed by atoms with Gasteiger partial charge in [-0.3, -0.25) is 0 Å². The first-order valence-corrected chi connectivity index (χ1v) is 12.4. The third-order valence-corrected chi connectivity index (χ3v) is 6.71. The quantitative estimate of drug-likeness (QED) is 0.326. The Morgan fingerprint density at radius 2 is 1.70 bits per heavy atom. The molecule has 2 heteroatoms. The lowest BCUT2D eigenvalue weighted by atomic mass is 9.85. The second kappa shape index (κ2) is 12.4. The normalized spacial score (nSPS) is 15.8. The van der Waals surface area contributed by atoms with Gasteiger partial charge in [0.25, 0.3) is 0 Å². The molecule has 0 aliphatic heterocycles. The van der Waals surface area contributed by atoms with Gasteiger partial charge in [-0.2, -0.15) is 0 Å². The van der Waals surface area contributed by atoms with E-state index in [1.54, 1.807) is 0 Å². The number of hydrogen-bond acceptors (Lipinski definition) is 1. The Morgan fingerprint density at radius 3 is 2.40 bits per heavy atom.